The fourth-order valence-electron chi connectivity index (χ4n) is 2.35. The van der Waals surface area contributed by atoms with Gasteiger partial charge in [-0.05, 0) is 45.2 Å². The summed E-state index contributed by atoms with van der Waals surface area (Å²) in [5.74, 6) is 0. The molecule has 82 valence electrons. The van der Waals surface area contributed by atoms with Gasteiger partial charge in [0.15, 0.2) is 0 Å². The molecule has 2 saturated heterocycles. The quantitative estimate of drug-likeness (QED) is 0.644. The van der Waals surface area contributed by atoms with Crippen molar-refractivity contribution in [3.05, 3.63) is 0 Å². The van der Waals surface area contributed by atoms with Gasteiger partial charge in [0, 0.05) is 19.2 Å². The third kappa shape index (κ3) is 3.23. The molecule has 0 radical (unpaired) electrons. The van der Waals surface area contributed by atoms with E-state index in [4.69, 9.17) is 4.74 Å². The molecule has 2 fully saturated rings. The summed E-state index contributed by atoms with van der Waals surface area (Å²) in [6.45, 7) is 4.37. The molecule has 0 spiro atoms. The molecule has 0 aliphatic carbocycles. The molecule has 0 amide bonds. The van der Waals surface area contributed by atoms with Crippen molar-refractivity contribution in [3.63, 3.8) is 0 Å². The average Bonchev–Trinajstić information content (AvgIpc) is 2.86. The van der Waals surface area contributed by atoms with Gasteiger partial charge in [-0.1, -0.05) is 0 Å². The lowest BCUT2D eigenvalue weighted by atomic mass is 10.1. The fraction of sp³-hybridized carbons (Fsp3) is 1.00. The Hall–Kier alpha value is -0.120. The molecule has 2 N–H and O–H groups in total. The number of hydrogen-bond donors (Lipinski definition) is 2. The lowest BCUT2D eigenvalue weighted by Crippen LogP contribution is -2.31. The largest absolute Gasteiger partial charge is 0.377 e. The zero-order valence-electron chi connectivity index (χ0n) is 8.93. The van der Waals surface area contributed by atoms with Crippen molar-refractivity contribution in [3.8, 4) is 0 Å². The summed E-state index contributed by atoms with van der Waals surface area (Å²) in [7, 11) is 0. The van der Waals surface area contributed by atoms with Crippen molar-refractivity contribution in [1.29, 1.82) is 0 Å². The van der Waals surface area contributed by atoms with E-state index in [2.05, 4.69) is 10.6 Å². The van der Waals surface area contributed by atoms with Crippen molar-refractivity contribution < 1.29 is 4.74 Å². The molecule has 3 heteroatoms. The van der Waals surface area contributed by atoms with E-state index in [-0.39, 0.29) is 0 Å². The third-order valence-electron chi connectivity index (χ3n) is 3.23. The Morgan fingerprint density at radius 3 is 3.00 bits per heavy atom. The Kier molecular flexibility index (Phi) is 4.22. The first-order valence-electron chi connectivity index (χ1n) is 6.01. The van der Waals surface area contributed by atoms with E-state index in [1.54, 1.807) is 0 Å². The fourth-order valence-corrected chi connectivity index (χ4v) is 2.35. The average molecular weight is 198 g/mol. The van der Waals surface area contributed by atoms with Crippen LogP contribution in [0.3, 0.4) is 0 Å². The molecule has 14 heavy (non-hydrogen) atoms. The van der Waals surface area contributed by atoms with Crippen LogP contribution in [0, 0.1) is 0 Å². The highest BCUT2D eigenvalue weighted by molar-refractivity contribution is 4.75. The van der Waals surface area contributed by atoms with E-state index < -0.39 is 0 Å². The van der Waals surface area contributed by atoms with E-state index in [9.17, 15) is 0 Å². The molecule has 2 aliphatic rings. The zero-order chi connectivity index (χ0) is 9.64. The van der Waals surface area contributed by atoms with Gasteiger partial charge < -0.3 is 15.4 Å². The highest BCUT2D eigenvalue weighted by Gasteiger charge is 2.16. The van der Waals surface area contributed by atoms with Crippen LogP contribution in [0.15, 0.2) is 0 Å². The Bertz CT molecular complexity index is 133. The van der Waals surface area contributed by atoms with E-state index in [0.717, 1.165) is 25.7 Å². The molecule has 0 aromatic rings. The van der Waals surface area contributed by atoms with Crippen LogP contribution in [0.4, 0.5) is 0 Å². The molecule has 3 nitrogen and oxygen atoms in total. The normalized spacial score (nSPS) is 32.6. The van der Waals surface area contributed by atoms with Crippen LogP contribution < -0.4 is 10.6 Å². The third-order valence-corrected chi connectivity index (χ3v) is 3.23. The van der Waals surface area contributed by atoms with Crippen LogP contribution in [-0.2, 0) is 4.74 Å². The first-order chi connectivity index (χ1) is 6.95. The van der Waals surface area contributed by atoms with E-state index >= 15 is 0 Å². The van der Waals surface area contributed by atoms with Gasteiger partial charge in [0.05, 0.1) is 6.10 Å². The lowest BCUT2D eigenvalue weighted by Gasteiger charge is -2.13. The molecule has 2 atom stereocenters. The molecule has 2 rings (SSSR count). The first kappa shape index (κ1) is 10.4. The van der Waals surface area contributed by atoms with Crippen molar-refractivity contribution >= 4 is 0 Å². The minimum atomic E-state index is 0.492. The Morgan fingerprint density at radius 2 is 2.29 bits per heavy atom. The van der Waals surface area contributed by atoms with Gasteiger partial charge in [0.2, 0.25) is 0 Å². The van der Waals surface area contributed by atoms with Gasteiger partial charge in [-0.15, -0.1) is 0 Å². The minimum Gasteiger partial charge on any atom is -0.377 e. The van der Waals surface area contributed by atoms with Gasteiger partial charge in [-0.3, -0.25) is 0 Å². The first-order valence-corrected chi connectivity index (χ1v) is 6.01. The Balaban J connectivity index is 1.46. The second-order valence-electron chi connectivity index (χ2n) is 4.42. The van der Waals surface area contributed by atoms with Crippen molar-refractivity contribution in [2.24, 2.45) is 0 Å². The van der Waals surface area contributed by atoms with Crippen molar-refractivity contribution in [2.75, 3.05) is 26.2 Å². The molecule has 2 heterocycles. The smallest absolute Gasteiger partial charge is 0.0700 e. The van der Waals surface area contributed by atoms with Gasteiger partial charge in [0.1, 0.15) is 0 Å². The molecular weight excluding hydrogens is 176 g/mol. The summed E-state index contributed by atoms with van der Waals surface area (Å²) >= 11 is 0. The Morgan fingerprint density at radius 1 is 1.29 bits per heavy atom. The van der Waals surface area contributed by atoms with E-state index in [1.807, 2.05) is 0 Å². The lowest BCUT2D eigenvalue weighted by molar-refractivity contribution is 0.110. The van der Waals surface area contributed by atoms with Crippen molar-refractivity contribution in [1.82, 2.24) is 10.6 Å². The Labute approximate surface area is 86.6 Å². The number of ether oxygens (including phenoxy) is 1. The molecule has 0 bridgehead atoms. The summed E-state index contributed by atoms with van der Waals surface area (Å²) in [6.07, 6.45) is 6.97. The van der Waals surface area contributed by atoms with Crippen molar-refractivity contribution in [2.45, 2.75) is 44.2 Å². The van der Waals surface area contributed by atoms with Gasteiger partial charge >= 0.3 is 0 Å². The molecule has 0 aromatic carbocycles. The zero-order valence-corrected chi connectivity index (χ0v) is 8.93. The second-order valence-corrected chi connectivity index (χ2v) is 4.42. The summed E-state index contributed by atoms with van der Waals surface area (Å²) in [5, 5.41) is 7.00. The summed E-state index contributed by atoms with van der Waals surface area (Å²) in [6, 6.07) is 0.770. The van der Waals surface area contributed by atoms with Crippen LogP contribution >= 0.6 is 0 Å². The monoisotopic (exact) mass is 198 g/mol. The number of hydrogen-bond acceptors (Lipinski definition) is 3. The minimum absolute atomic E-state index is 0.492. The highest BCUT2D eigenvalue weighted by Crippen LogP contribution is 2.11. The van der Waals surface area contributed by atoms with Crippen LogP contribution in [0.2, 0.25) is 0 Å². The topological polar surface area (TPSA) is 33.3 Å². The summed E-state index contributed by atoms with van der Waals surface area (Å²) in [4.78, 5) is 0. The molecular formula is C11H22N2O. The maximum atomic E-state index is 5.55. The van der Waals surface area contributed by atoms with Crippen LogP contribution in [-0.4, -0.2) is 38.4 Å². The molecule has 2 unspecified atom stereocenters. The molecule has 0 saturated carbocycles. The predicted octanol–water partition coefficient (Wildman–Crippen LogP) is 0.897. The second kappa shape index (κ2) is 5.69. The molecule has 2 aliphatic heterocycles. The SMILES string of the molecule is C1CNC(CCNCC2CCCO2)C1. The standard InChI is InChI=1S/C11H22N2O/c1-3-10(13-6-1)5-7-12-9-11-4-2-8-14-11/h10-13H,1-9H2. The van der Waals surface area contributed by atoms with Gasteiger partial charge in [-0.25, -0.2) is 0 Å². The predicted molar refractivity (Wildman–Crippen MR) is 57.5 cm³/mol. The summed E-state index contributed by atoms with van der Waals surface area (Å²) < 4.78 is 5.55. The van der Waals surface area contributed by atoms with E-state index in [0.29, 0.717) is 6.10 Å². The highest BCUT2D eigenvalue weighted by atomic mass is 16.5. The molecule has 0 aromatic heterocycles. The number of rotatable bonds is 5. The van der Waals surface area contributed by atoms with Crippen LogP contribution in [0.1, 0.15) is 32.1 Å². The van der Waals surface area contributed by atoms with E-state index in [1.165, 1.54) is 38.6 Å². The summed E-state index contributed by atoms with van der Waals surface area (Å²) in [5.41, 5.74) is 0. The van der Waals surface area contributed by atoms with Gasteiger partial charge in [-0.2, -0.15) is 0 Å². The van der Waals surface area contributed by atoms with Crippen LogP contribution in [0.25, 0.3) is 0 Å². The number of nitrogens with one attached hydrogen (secondary N) is 2. The maximum Gasteiger partial charge on any atom is 0.0700 e. The maximum absolute atomic E-state index is 5.55. The van der Waals surface area contributed by atoms with Gasteiger partial charge in [0.25, 0.3) is 0 Å². The van der Waals surface area contributed by atoms with Crippen LogP contribution in [0.5, 0.6) is 0 Å².